The molecule has 0 spiro atoms. The lowest BCUT2D eigenvalue weighted by molar-refractivity contribution is -0.137. The summed E-state index contributed by atoms with van der Waals surface area (Å²) in [5, 5.41) is 11.5. The van der Waals surface area contributed by atoms with Gasteiger partial charge in [-0.1, -0.05) is 67.6 Å². The number of Topliss-reactive ketones (excluding diaryl/α,β-unsaturated/α-hetero) is 1. The first-order valence-corrected chi connectivity index (χ1v) is 8.74. The maximum atomic E-state index is 12.9. The normalized spacial score (nSPS) is 36.2. The minimum Gasteiger partial charge on any atom is -0.377 e. The van der Waals surface area contributed by atoms with Crippen LogP contribution in [0.4, 0.5) is 0 Å². The SMILES string of the molecule is CC1C=C(c2ccccc2)C2CC(=O)C3(O)c4ccccc4C1C23. The Bertz CT molecular complexity index is 867. The molecule has 1 fully saturated rings. The fourth-order valence-electron chi connectivity index (χ4n) is 5.49. The molecule has 0 bridgehead atoms. The van der Waals surface area contributed by atoms with E-state index in [4.69, 9.17) is 0 Å². The van der Waals surface area contributed by atoms with Gasteiger partial charge in [-0.05, 0) is 40.0 Å². The summed E-state index contributed by atoms with van der Waals surface area (Å²) in [6.45, 7) is 2.22. The van der Waals surface area contributed by atoms with Gasteiger partial charge in [0.1, 0.15) is 0 Å². The van der Waals surface area contributed by atoms with Crippen molar-refractivity contribution in [1.29, 1.82) is 0 Å². The number of fused-ring (bicyclic) bond motifs is 3. The van der Waals surface area contributed by atoms with E-state index in [0.29, 0.717) is 12.3 Å². The molecule has 5 rings (SSSR count). The van der Waals surface area contributed by atoms with Gasteiger partial charge in [-0.3, -0.25) is 4.79 Å². The Labute approximate surface area is 141 Å². The zero-order chi connectivity index (χ0) is 16.5. The van der Waals surface area contributed by atoms with Crippen LogP contribution in [0.5, 0.6) is 0 Å². The molecule has 0 aliphatic heterocycles. The summed E-state index contributed by atoms with van der Waals surface area (Å²) in [5.41, 5.74) is 3.14. The highest BCUT2D eigenvalue weighted by Gasteiger charge is 2.65. The molecule has 0 amide bonds. The smallest absolute Gasteiger partial charge is 0.169 e. The topological polar surface area (TPSA) is 37.3 Å². The summed E-state index contributed by atoms with van der Waals surface area (Å²) in [4.78, 5) is 12.9. The summed E-state index contributed by atoms with van der Waals surface area (Å²) in [6, 6.07) is 18.3. The van der Waals surface area contributed by atoms with Gasteiger partial charge in [0.15, 0.2) is 11.4 Å². The third kappa shape index (κ3) is 1.57. The van der Waals surface area contributed by atoms with E-state index in [9.17, 15) is 9.90 Å². The maximum Gasteiger partial charge on any atom is 0.169 e. The summed E-state index contributed by atoms with van der Waals surface area (Å²) < 4.78 is 0. The fraction of sp³-hybridized carbons (Fsp3) is 0.318. The summed E-state index contributed by atoms with van der Waals surface area (Å²) in [5.74, 6) is 0.608. The molecule has 2 aromatic rings. The first-order valence-electron chi connectivity index (χ1n) is 8.74. The average molecular weight is 316 g/mol. The minimum absolute atomic E-state index is 0.0108. The third-order valence-corrected chi connectivity index (χ3v) is 6.38. The molecule has 120 valence electrons. The molecular formula is C22H20O2. The van der Waals surface area contributed by atoms with Gasteiger partial charge >= 0.3 is 0 Å². The van der Waals surface area contributed by atoms with Crippen molar-refractivity contribution in [1.82, 2.24) is 0 Å². The van der Waals surface area contributed by atoms with Crippen LogP contribution in [0.1, 0.15) is 36.0 Å². The van der Waals surface area contributed by atoms with E-state index in [2.05, 4.69) is 31.2 Å². The van der Waals surface area contributed by atoms with Crippen LogP contribution in [0.2, 0.25) is 0 Å². The lowest BCUT2D eigenvalue weighted by Gasteiger charge is -2.37. The van der Waals surface area contributed by atoms with Crippen LogP contribution in [-0.4, -0.2) is 10.9 Å². The largest absolute Gasteiger partial charge is 0.377 e. The Morgan fingerprint density at radius 3 is 2.54 bits per heavy atom. The van der Waals surface area contributed by atoms with Gasteiger partial charge in [-0.2, -0.15) is 0 Å². The van der Waals surface area contributed by atoms with E-state index >= 15 is 0 Å². The Morgan fingerprint density at radius 2 is 1.75 bits per heavy atom. The summed E-state index contributed by atoms with van der Waals surface area (Å²) >= 11 is 0. The summed E-state index contributed by atoms with van der Waals surface area (Å²) in [7, 11) is 0. The highest BCUT2D eigenvalue weighted by Crippen LogP contribution is 2.65. The fourth-order valence-corrected chi connectivity index (χ4v) is 5.49. The van der Waals surface area contributed by atoms with Crippen molar-refractivity contribution < 1.29 is 9.90 Å². The van der Waals surface area contributed by atoms with Crippen molar-refractivity contribution in [2.24, 2.45) is 17.8 Å². The van der Waals surface area contributed by atoms with Gasteiger partial charge in [-0.25, -0.2) is 0 Å². The van der Waals surface area contributed by atoms with Crippen molar-refractivity contribution in [3.8, 4) is 0 Å². The Kier molecular flexibility index (Phi) is 2.76. The predicted octanol–water partition coefficient (Wildman–Crippen LogP) is 3.91. The monoisotopic (exact) mass is 316 g/mol. The number of aliphatic hydroxyl groups is 1. The van der Waals surface area contributed by atoms with Crippen LogP contribution in [0.15, 0.2) is 60.7 Å². The zero-order valence-corrected chi connectivity index (χ0v) is 13.6. The predicted molar refractivity (Wildman–Crippen MR) is 93.3 cm³/mol. The second kappa shape index (κ2) is 4.67. The van der Waals surface area contributed by atoms with E-state index in [-0.39, 0.29) is 23.5 Å². The van der Waals surface area contributed by atoms with E-state index < -0.39 is 5.60 Å². The second-order valence-corrected chi connectivity index (χ2v) is 7.49. The van der Waals surface area contributed by atoms with Crippen molar-refractivity contribution in [2.45, 2.75) is 24.9 Å². The van der Waals surface area contributed by atoms with Crippen molar-refractivity contribution in [3.63, 3.8) is 0 Å². The van der Waals surface area contributed by atoms with Crippen LogP contribution < -0.4 is 0 Å². The third-order valence-electron chi connectivity index (χ3n) is 6.38. The molecule has 0 aromatic heterocycles. The van der Waals surface area contributed by atoms with Crippen molar-refractivity contribution >= 4 is 11.4 Å². The molecule has 3 aliphatic carbocycles. The molecular weight excluding hydrogens is 296 g/mol. The van der Waals surface area contributed by atoms with E-state index in [1.165, 1.54) is 16.7 Å². The highest BCUT2D eigenvalue weighted by atomic mass is 16.3. The highest BCUT2D eigenvalue weighted by molar-refractivity contribution is 5.96. The first-order chi connectivity index (χ1) is 11.6. The number of rotatable bonds is 1. The molecule has 0 saturated heterocycles. The second-order valence-electron chi connectivity index (χ2n) is 7.49. The number of hydrogen-bond donors (Lipinski definition) is 1. The molecule has 2 heteroatoms. The molecule has 2 nitrogen and oxygen atoms in total. The number of carbonyl (C=O) groups is 1. The molecule has 1 saturated carbocycles. The Morgan fingerprint density at radius 1 is 1.04 bits per heavy atom. The lowest BCUT2D eigenvalue weighted by atomic mass is 9.66. The standard InChI is InChI=1S/C22H20O2/c1-13-11-16(14-7-3-2-4-8-14)17-12-19(23)22(24)18-10-6-5-9-15(18)20(13)21(17)22/h2-11,13,17,20-21,24H,12H2,1H3. The molecule has 24 heavy (non-hydrogen) atoms. The van der Waals surface area contributed by atoms with Crippen LogP contribution in [-0.2, 0) is 10.4 Å². The van der Waals surface area contributed by atoms with Crippen molar-refractivity contribution in [2.75, 3.05) is 0 Å². The molecule has 3 aliphatic rings. The molecule has 0 radical (unpaired) electrons. The summed E-state index contributed by atoms with van der Waals surface area (Å²) in [6.07, 6.45) is 2.78. The number of carbonyl (C=O) groups excluding carboxylic acids is 1. The number of ketones is 1. The molecule has 5 atom stereocenters. The van der Waals surface area contributed by atoms with Crippen molar-refractivity contribution in [3.05, 3.63) is 77.4 Å². The zero-order valence-electron chi connectivity index (χ0n) is 13.6. The lowest BCUT2D eigenvalue weighted by Crippen LogP contribution is -2.38. The Hall–Kier alpha value is -2.19. The van der Waals surface area contributed by atoms with Gasteiger partial charge in [0, 0.05) is 12.3 Å². The van der Waals surface area contributed by atoms with Crippen LogP contribution >= 0.6 is 0 Å². The van der Waals surface area contributed by atoms with Gasteiger partial charge in [0.05, 0.1) is 0 Å². The first kappa shape index (κ1) is 14.2. The minimum atomic E-state index is -1.30. The number of benzene rings is 2. The van der Waals surface area contributed by atoms with E-state index in [0.717, 1.165) is 5.56 Å². The number of hydrogen-bond acceptors (Lipinski definition) is 2. The van der Waals surface area contributed by atoms with E-state index in [1.54, 1.807) is 0 Å². The molecule has 0 heterocycles. The van der Waals surface area contributed by atoms with Crippen LogP contribution in [0.25, 0.3) is 5.57 Å². The van der Waals surface area contributed by atoms with Gasteiger partial charge in [0.2, 0.25) is 0 Å². The van der Waals surface area contributed by atoms with E-state index in [1.807, 2.05) is 36.4 Å². The van der Waals surface area contributed by atoms with Gasteiger partial charge in [-0.15, -0.1) is 0 Å². The van der Waals surface area contributed by atoms with Crippen LogP contribution in [0, 0.1) is 17.8 Å². The van der Waals surface area contributed by atoms with Gasteiger partial charge in [0.25, 0.3) is 0 Å². The molecule has 5 unspecified atom stereocenters. The molecule has 1 N–H and O–H groups in total. The maximum absolute atomic E-state index is 12.9. The average Bonchev–Trinajstić information content (AvgIpc) is 3.04. The number of allylic oxidation sites excluding steroid dienone is 2. The quantitative estimate of drug-likeness (QED) is 0.866. The Balaban J connectivity index is 1.73. The van der Waals surface area contributed by atoms with Gasteiger partial charge < -0.3 is 5.11 Å². The molecule has 2 aromatic carbocycles. The van der Waals surface area contributed by atoms with Crippen LogP contribution in [0.3, 0.4) is 0 Å².